The van der Waals surface area contributed by atoms with Crippen LogP contribution in [0.25, 0.3) is 22.2 Å². The molecule has 4 aromatic rings. The van der Waals surface area contributed by atoms with Gasteiger partial charge in [-0.15, -0.1) is 0 Å². The van der Waals surface area contributed by atoms with E-state index in [1.165, 1.54) is 0 Å². The zero-order valence-electron chi connectivity index (χ0n) is 12.8. The van der Waals surface area contributed by atoms with Gasteiger partial charge in [-0.05, 0) is 48.1 Å². The normalized spacial score (nSPS) is 10.5. The van der Waals surface area contributed by atoms with E-state index >= 15 is 0 Å². The molecule has 1 N–H and O–H groups in total. The Morgan fingerprint density at radius 3 is 2.38 bits per heavy atom. The van der Waals surface area contributed by atoms with E-state index in [1.807, 2.05) is 18.2 Å². The monoisotopic (exact) mass is 364 g/mol. The van der Waals surface area contributed by atoms with E-state index in [0.717, 1.165) is 22.6 Å². The summed E-state index contributed by atoms with van der Waals surface area (Å²) in [6, 6.07) is 10.8. The summed E-state index contributed by atoms with van der Waals surface area (Å²) in [5, 5.41) is 0.151. The molecule has 0 radical (unpaired) electrons. The third kappa shape index (κ3) is 3.52. The first kappa shape index (κ1) is 16.4. The summed E-state index contributed by atoms with van der Waals surface area (Å²) in [6.45, 7) is 0. The first-order valence-electron chi connectivity index (χ1n) is 6.86. The van der Waals surface area contributed by atoms with Gasteiger partial charge in [0, 0.05) is 12.1 Å². The van der Waals surface area contributed by atoms with Crippen LogP contribution in [0.5, 0.6) is 11.5 Å². The molecule has 24 heavy (non-hydrogen) atoms. The molecule has 0 saturated heterocycles. The Bertz CT molecular complexity index is 1040. The van der Waals surface area contributed by atoms with Crippen molar-refractivity contribution in [2.75, 3.05) is 14.2 Å². The zero-order valence-corrected chi connectivity index (χ0v) is 14.4. The van der Waals surface area contributed by atoms with Crippen LogP contribution in [0, 0.1) is 4.84 Å². The van der Waals surface area contributed by atoms with Crippen LogP contribution in [0.1, 0.15) is 0 Å². The van der Waals surface area contributed by atoms with Crippen LogP contribution in [0.3, 0.4) is 0 Å². The Balaban J connectivity index is 0.000000141. The van der Waals surface area contributed by atoms with Crippen LogP contribution < -0.4 is 9.47 Å². The highest BCUT2D eigenvalue weighted by atomic mass is 35.5. The van der Waals surface area contributed by atoms with Crippen LogP contribution in [-0.2, 0) is 0 Å². The maximum Gasteiger partial charge on any atom is 0.293 e. The molecule has 0 fully saturated rings. The fraction of sp³-hybridized carbons (Fsp3) is 0.125. The molecule has 124 valence electrons. The molecule has 0 saturated carbocycles. The van der Waals surface area contributed by atoms with E-state index in [0.29, 0.717) is 15.9 Å². The predicted molar refractivity (Wildman–Crippen MR) is 93.5 cm³/mol. The largest absolute Gasteiger partial charge is 0.497 e. The van der Waals surface area contributed by atoms with Crippen molar-refractivity contribution in [1.82, 2.24) is 9.97 Å². The first-order valence-corrected chi connectivity index (χ1v) is 7.64. The van der Waals surface area contributed by atoms with Crippen molar-refractivity contribution in [2.45, 2.75) is 0 Å². The van der Waals surface area contributed by atoms with Gasteiger partial charge in [0.25, 0.3) is 10.2 Å². The molecule has 4 rings (SSSR count). The van der Waals surface area contributed by atoms with Crippen molar-refractivity contribution in [3.05, 3.63) is 46.6 Å². The van der Waals surface area contributed by atoms with Crippen molar-refractivity contribution in [2.24, 2.45) is 0 Å². The molecule has 0 amide bonds. The van der Waals surface area contributed by atoms with Gasteiger partial charge in [-0.3, -0.25) is 0 Å². The number of nitrogens with one attached hydrogen (secondary N) is 1. The maximum atomic E-state index is 5.56. The van der Waals surface area contributed by atoms with Gasteiger partial charge in [0.15, 0.2) is 11.2 Å². The SMILES string of the molecule is COc1ccc2oc(=S)[nH]c2c1.COc1ccc2oc(Cl)nc2c1. The van der Waals surface area contributed by atoms with E-state index in [9.17, 15) is 0 Å². The smallest absolute Gasteiger partial charge is 0.293 e. The number of nitrogens with zero attached hydrogens (tertiary/aromatic N) is 1. The summed E-state index contributed by atoms with van der Waals surface area (Å²) >= 11 is 10.4. The lowest BCUT2D eigenvalue weighted by Crippen LogP contribution is -1.80. The van der Waals surface area contributed by atoms with Crippen molar-refractivity contribution < 1.29 is 18.3 Å². The number of fused-ring (bicyclic) bond motifs is 2. The molecule has 0 atom stereocenters. The van der Waals surface area contributed by atoms with E-state index in [1.54, 1.807) is 32.4 Å². The van der Waals surface area contributed by atoms with Gasteiger partial charge >= 0.3 is 0 Å². The third-order valence-corrected chi connectivity index (χ3v) is 3.54. The van der Waals surface area contributed by atoms with E-state index in [4.69, 9.17) is 42.1 Å². The minimum absolute atomic E-state index is 0.151. The third-order valence-electron chi connectivity index (χ3n) is 3.19. The van der Waals surface area contributed by atoms with Crippen molar-refractivity contribution >= 4 is 46.0 Å². The second kappa shape index (κ2) is 6.94. The van der Waals surface area contributed by atoms with Gasteiger partial charge in [-0.2, -0.15) is 4.98 Å². The molecule has 2 heterocycles. The van der Waals surface area contributed by atoms with Gasteiger partial charge in [-0.25, -0.2) is 0 Å². The van der Waals surface area contributed by atoms with Crippen molar-refractivity contribution in [3.63, 3.8) is 0 Å². The van der Waals surface area contributed by atoms with Crippen molar-refractivity contribution in [1.29, 1.82) is 0 Å². The number of benzene rings is 2. The lowest BCUT2D eigenvalue weighted by Gasteiger charge is -1.96. The molecule has 8 heteroatoms. The summed E-state index contributed by atoms with van der Waals surface area (Å²) in [5.74, 6) is 1.53. The second-order valence-corrected chi connectivity index (χ2v) is 5.37. The van der Waals surface area contributed by atoms with Gasteiger partial charge < -0.3 is 23.3 Å². The predicted octanol–water partition coefficient (Wildman–Crippen LogP) is 4.99. The summed E-state index contributed by atoms with van der Waals surface area (Å²) < 4.78 is 20.3. The van der Waals surface area contributed by atoms with E-state index < -0.39 is 0 Å². The summed E-state index contributed by atoms with van der Waals surface area (Å²) in [4.78, 5) is 7.23. The topological polar surface area (TPSA) is 73.4 Å². The number of rotatable bonds is 2. The highest BCUT2D eigenvalue weighted by Gasteiger charge is 2.03. The number of hydrogen-bond acceptors (Lipinski definition) is 6. The number of halogens is 1. The van der Waals surface area contributed by atoms with Gasteiger partial charge in [-0.1, -0.05) is 0 Å². The van der Waals surface area contributed by atoms with Crippen LogP contribution in [0.2, 0.25) is 5.35 Å². The number of aromatic amines is 1. The average Bonchev–Trinajstić information content (AvgIpc) is 3.13. The first-order chi connectivity index (χ1) is 11.6. The molecule has 6 nitrogen and oxygen atoms in total. The van der Waals surface area contributed by atoms with Crippen LogP contribution in [0.15, 0.2) is 45.2 Å². The van der Waals surface area contributed by atoms with E-state index in [2.05, 4.69) is 9.97 Å². The summed E-state index contributed by atoms with van der Waals surface area (Å²) in [6.07, 6.45) is 0. The highest BCUT2D eigenvalue weighted by Crippen LogP contribution is 2.23. The van der Waals surface area contributed by atoms with Gasteiger partial charge in [0.05, 0.1) is 19.7 Å². The number of ether oxygens (including phenoxy) is 2. The average molecular weight is 365 g/mol. The Morgan fingerprint density at radius 2 is 1.67 bits per heavy atom. The Hall–Kier alpha value is -2.51. The second-order valence-electron chi connectivity index (χ2n) is 4.68. The standard InChI is InChI=1S/C8H6ClNO2.C8H7NO2S/c1-11-5-2-3-7-6(4-5)10-8(9)12-7;1-10-5-2-3-7-6(4-5)9-8(12)11-7/h2-4H,1H3;2-4H,1H3,(H,9,12). The number of methoxy groups -OCH3 is 2. The van der Waals surface area contributed by atoms with Crippen LogP contribution in [-0.4, -0.2) is 24.2 Å². The lowest BCUT2D eigenvalue weighted by atomic mass is 10.3. The molecule has 0 bridgehead atoms. The fourth-order valence-electron chi connectivity index (χ4n) is 2.06. The molecule has 0 spiro atoms. The van der Waals surface area contributed by atoms with Crippen LogP contribution in [0.4, 0.5) is 0 Å². The van der Waals surface area contributed by atoms with Crippen LogP contribution >= 0.6 is 23.8 Å². The molecule has 0 aliphatic rings. The number of aromatic nitrogens is 2. The minimum atomic E-state index is 0.151. The number of H-pyrrole nitrogens is 1. The quantitative estimate of drug-likeness (QED) is 0.505. The maximum absolute atomic E-state index is 5.56. The Morgan fingerprint density at radius 1 is 1.00 bits per heavy atom. The molecule has 2 aromatic heterocycles. The number of hydrogen-bond donors (Lipinski definition) is 1. The fourth-order valence-corrected chi connectivity index (χ4v) is 2.44. The van der Waals surface area contributed by atoms with Gasteiger partial charge in [0.2, 0.25) is 0 Å². The summed E-state index contributed by atoms with van der Waals surface area (Å²) in [7, 11) is 3.22. The molecule has 0 aliphatic heterocycles. The molecule has 0 aliphatic carbocycles. The summed E-state index contributed by atoms with van der Waals surface area (Å²) in [5.41, 5.74) is 2.99. The minimum Gasteiger partial charge on any atom is -0.497 e. The van der Waals surface area contributed by atoms with E-state index in [-0.39, 0.29) is 5.35 Å². The Kier molecular flexibility index (Phi) is 4.73. The number of oxazole rings is 2. The van der Waals surface area contributed by atoms with Gasteiger partial charge in [0.1, 0.15) is 17.0 Å². The van der Waals surface area contributed by atoms with Crippen molar-refractivity contribution in [3.8, 4) is 11.5 Å². The molecule has 2 aromatic carbocycles. The Labute approximate surface area is 147 Å². The molecular formula is C16H13ClN2O4S. The highest BCUT2D eigenvalue weighted by molar-refractivity contribution is 7.71. The molecular weight excluding hydrogens is 352 g/mol. The molecule has 0 unspecified atom stereocenters. The lowest BCUT2D eigenvalue weighted by molar-refractivity contribution is 0.415. The zero-order chi connectivity index (χ0) is 17.1.